The van der Waals surface area contributed by atoms with Crippen LogP contribution in [0.3, 0.4) is 0 Å². The Labute approximate surface area is 93.9 Å². The van der Waals surface area contributed by atoms with E-state index >= 15 is 0 Å². The number of hydrogen-bond acceptors (Lipinski definition) is 1. The summed E-state index contributed by atoms with van der Waals surface area (Å²) in [5, 5.41) is 4.43. The number of fused-ring (bicyclic) bond motifs is 1. The SMILES string of the molecule is Cc1c(CNC2CC2)[nH]c2c(F)cccc12. The van der Waals surface area contributed by atoms with Gasteiger partial charge in [-0.3, -0.25) is 0 Å². The molecule has 0 amide bonds. The lowest BCUT2D eigenvalue weighted by molar-refractivity contribution is 0.635. The quantitative estimate of drug-likeness (QED) is 0.814. The maximum absolute atomic E-state index is 13.5. The van der Waals surface area contributed by atoms with E-state index in [2.05, 4.69) is 10.3 Å². The Morgan fingerprint density at radius 2 is 2.25 bits per heavy atom. The second-order valence-electron chi connectivity index (χ2n) is 4.55. The number of aryl methyl sites for hydroxylation is 1. The van der Waals surface area contributed by atoms with Gasteiger partial charge in [0.05, 0.1) is 5.52 Å². The van der Waals surface area contributed by atoms with Gasteiger partial charge >= 0.3 is 0 Å². The van der Waals surface area contributed by atoms with Gasteiger partial charge < -0.3 is 10.3 Å². The van der Waals surface area contributed by atoms with E-state index in [1.807, 2.05) is 13.0 Å². The molecule has 84 valence electrons. The summed E-state index contributed by atoms with van der Waals surface area (Å²) < 4.78 is 13.5. The van der Waals surface area contributed by atoms with Crippen LogP contribution in [-0.2, 0) is 6.54 Å². The van der Waals surface area contributed by atoms with E-state index in [4.69, 9.17) is 0 Å². The molecule has 1 aliphatic rings. The molecule has 0 unspecified atom stereocenters. The highest BCUT2D eigenvalue weighted by Gasteiger charge is 2.21. The van der Waals surface area contributed by atoms with Crippen LogP contribution in [0.5, 0.6) is 0 Å². The molecule has 0 atom stereocenters. The summed E-state index contributed by atoms with van der Waals surface area (Å²) in [4.78, 5) is 3.18. The van der Waals surface area contributed by atoms with Gasteiger partial charge in [-0.15, -0.1) is 0 Å². The fourth-order valence-corrected chi connectivity index (χ4v) is 2.08. The average molecular weight is 218 g/mol. The number of aromatic amines is 1. The molecule has 1 aromatic heterocycles. The van der Waals surface area contributed by atoms with Crippen molar-refractivity contribution in [2.45, 2.75) is 32.4 Å². The first-order chi connectivity index (χ1) is 7.75. The van der Waals surface area contributed by atoms with Crippen LogP contribution in [0.15, 0.2) is 18.2 Å². The van der Waals surface area contributed by atoms with Crippen molar-refractivity contribution in [1.29, 1.82) is 0 Å². The first-order valence-corrected chi connectivity index (χ1v) is 5.75. The largest absolute Gasteiger partial charge is 0.355 e. The van der Waals surface area contributed by atoms with E-state index in [1.165, 1.54) is 18.9 Å². The van der Waals surface area contributed by atoms with Crippen molar-refractivity contribution in [3.63, 3.8) is 0 Å². The van der Waals surface area contributed by atoms with Crippen LogP contribution < -0.4 is 5.32 Å². The number of aromatic nitrogens is 1. The number of nitrogens with one attached hydrogen (secondary N) is 2. The van der Waals surface area contributed by atoms with E-state index in [0.29, 0.717) is 11.6 Å². The number of halogens is 1. The van der Waals surface area contributed by atoms with Crippen molar-refractivity contribution in [3.8, 4) is 0 Å². The molecule has 0 radical (unpaired) electrons. The summed E-state index contributed by atoms with van der Waals surface area (Å²) in [6.45, 7) is 2.85. The topological polar surface area (TPSA) is 27.8 Å². The van der Waals surface area contributed by atoms with Crippen LogP contribution in [0.1, 0.15) is 24.1 Å². The fourth-order valence-electron chi connectivity index (χ4n) is 2.08. The Bertz CT molecular complexity index is 526. The predicted octanol–water partition coefficient (Wildman–Crippen LogP) is 2.87. The lowest BCUT2D eigenvalue weighted by Crippen LogP contribution is -2.16. The Balaban J connectivity index is 1.97. The zero-order valence-electron chi connectivity index (χ0n) is 9.31. The van der Waals surface area contributed by atoms with Gasteiger partial charge in [-0.2, -0.15) is 0 Å². The minimum Gasteiger partial charge on any atom is -0.355 e. The number of H-pyrrole nitrogens is 1. The van der Waals surface area contributed by atoms with Crippen LogP contribution in [0.4, 0.5) is 4.39 Å². The summed E-state index contributed by atoms with van der Waals surface area (Å²) in [6, 6.07) is 5.90. The van der Waals surface area contributed by atoms with Gasteiger partial charge in [0.1, 0.15) is 5.82 Å². The first-order valence-electron chi connectivity index (χ1n) is 5.75. The zero-order valence-corrected chi connectivity index (χ0v) is 9.31. The molecular weight excluding hydrogens is 203 g/mol. The summed E-state index contributed by atoms with van der Waals surface area (Å²) in [5.74, 6) is -0.168. The summed E-state index contributed by atoms with van der Waals surface area (Å²) in [6.07, 6.45) is 2.54. The van der Waals surface area contributed by atoms with Crippen molar-refractivity contribution in [3.05, 3.63) is 35.3 Å². The van der Waals surface area contributed by atoms with Gasteiger partial charge in [0.15, 0.2) is 0 Å². The number of para-hydroxylation sites is 1. The van der Waals surface area contributed by atoms with Crippen LogP contribution in [0, 0.1) is 12.7 Å². The highest BCUT2D eigenvalue weighted by molar-refractivity contribution is 5.84. The number of hydrogen-bond donors (Lipinski definition) is 2. The third kappa shape index (κ3) is 1.61. The molecule has 2 aromatic rings. The molecule has 1 saturated carbocycles. The average Bonchev–Trinajstić information content (AvgIpc) is 3.04. The highest BCUT2D eigenvalue weighted by Crippen LogP contribution is 2.25. The van der Waals surface area contributed by atoms with E-state index < -0.39 is 0 Å². The lowest BCUT2D eigenvalue weighted by atomic mass is 10.1. The third-order valence-electron chi connectivity index (χ3n) is 3.29. The summed E-state index contributed by atoms with van der Waals surface area (Å²) in [5.41, 5.74) is 2.89. The Kier molecular flexibility index (Phi) is 2.21. The smallest absolute Gasteiger partial charge is 0.147 e. The standard InChI is InChI=1S/C13H15FN2/c1-8-10-3-2-4-11(14)13(10)16-12(8)7-15-9-5-6-9/h2-4,9,15-16H,5-7H2,1H3. The van der Waals surface area contributed by atoms with Gasteiger partial charge in [-0.25, -0.2) is 4.39 Å². The molecule has 2 nitrogen and oxygen atoms in total. The molecule has 0 aliphatic heterocycles. The molecule has 0 spiro atoms. The van der Waals surface area contributed by atoms with Crippen LogP contribution >= 0.6 is 0 Å². The van der Waals surface area contributed by atoms with Gasteiger partial charge in [0.25, 0.3) is 0 Å². The Morgan fingerprint density at radius 1 is 1.44 bits per heavy atom. The van der Waals surface area contributed by atoms with Crippen molar-refractivity contribution >= 4 is 10.9 Å². The monoisotopic (exact) mass is 218 g/mol. The molecule has 3 heteroatoms. The molecule has 3 rings (SSSR count). The van der Waals surface area contributed by atoms with Crippen LogP contribution in [-0.4, -0.2) is 11.0 Å². The molecule has 1 fully saturated rings. The molecule has 1 aliphatic carbocycles. The third-order valence-corrected chi connectivity index (χ3v) is 3.29. The molecule has 2 N–H and O–H groups in total. The van der Waals surface area contributed by atoms with E-state index in [0.717, 1.165) is 23.2 Å². The molecule has 1 aromatic carbocycles. The van der Waals surface area contributed by atoms with E-state index in [-0.39, 0.29) is 5.82 Å². The second-order valence-corrected chi connectivity index (χ2v) is 4.55. The highest BCUT2D eigenvalue weighted by atomic mass is 19.1. The Hall–Kier alpha value is -1.35. The van der Waals surface area contributed by atoms with E-state index in [1.54, 1.807) is 6.07 Å². The molecule has 16 heavy (non-hydrogen) atoms. The van der Waals surface area contributed by atoms with Gasteiger partial charge in [-0.05, 0) is 31.4 Å². The molecule has 0 saturated heterocycles. The molecule has 1 heterocycles. The van der Waals surface area contributed by atoms with Crippen molar-refractivity contribution in [1.82, 2.24) is 10.3 Å². The Morgan fingerprint density at radius 3 is 2.94 bits per heavy atom. The lowest BCUT2D eigenvalue weighted by Gasteiger charge is -2.01. The van der Waals surface area contributed by atoms with Gasteiger partial charge in [0.2, 0.25) is 0 Å². The normalized spacial score (nSPS) is 15.9. The van der Waals surface area contributed by atoms with Gasteiger partial charge in [0, 0.05) is 23.7 Å². The van der Waals surface area contributed by atoms with Crippen molar-refractivity contribution in [2.24, 2.45) is 0 Å². The number of benzene rings is 1. The number of rotatable bonds is 3. The maximum atomic E-state index is 13.5. The van der Waals surface area contributed by atoms with Crippen LogP contribution in [0.2, 0.25) is 0 Å². The zero-order chi connectivity index (χ0) is 11.1. The van der Waals surface area contributed by atoms with Crippen molar-refractivity contribution in [2.75, 3.05) is 0 Å². The first kappa shape index (κ1) is 9.85. The molecule has 0 bridgehead atoms. The second kappa shape index (κ2) is 3.59. The van der Waals surface area contributed by atoms with Crippen molar-refractivity contribution < 1.29 is 4.39 Å². The fraction of sp³-hybridized carbons (Fsp3) is 0.385. The summed E-state index contributed by atoms with van der Waals surface area (Å²) >= 11 is 0. The predicted molar refractivity (Wildman–Crippen MR) is 62.9 cm³/mol. The summed E-state index contributed by atoms with van der Waals surface area (Å²) in [7, 11) is 0. The molecular formula is C13H15FN2. The minimum absolute atomic E-state index is 0.168. The maximum Gasteiger partial charge on any atom is 0.147 e. The van der Waals surface area contributed by atoms with Crippen LogP contribution in [0.25, 0.3) is 10.9 Å². The van der Waals surface area contributed by atoms with E-state index in [9.17, 15) is 4.39 Å². The minimum atomic E-state index is -0.168. The van der Waals surface area contributed by atoms with Gasteiger partial charge in [-0.1, -0.05) is 12.1 Å².